The van der Waals surface area contributed by atoms with Crippen LogP contribution in [0.15, 0.2) is 48.5 Å². The van der Waals surface area contributed by atoms with Crippen molar-refractivity contribution in [1.29, 1.82) is 0 Å². The van der Waals surface area contributed by atoms with Gasteiger partial charge < -0.3 is 9.84 Å². The minimum absolute atomic E-state index is 0.213. The molecule has 116 valence electrons. The van der Waals surface area contributed by atoms with Crippen molar-refractivity contribution in [3.8, 4) is 5.75 Å². The second-order valence-electron chi connectivity index (χ2n) is 4.96. The Morgan fingerprint density at radius 3 is 2.59 bits per heavy atom. The van der Waals surface area contributed by atoms with Crippen molar-refractivity contribution in [2.24, 2.45) is 0 Å². The molecule has 0 bridgehead atoms. The first kappa shape index (κ1) is 16.2. The molecule has 2 aromatic rings. The Bertz CT molecular complexity index is 665. The smallest absolute Gasteiger partial charge is 0.335 e. The van der Waals surface area contributed by atoms with E-state index in [1.165, 1.54) is 6.07 Å². The van der Waals surface area contributed by atoms with Crippen LogP contribution in [0, 0.1) is 6.92 Å². The summed E-state index contributed by atoms with van der Waals surface area (Å²) in [6.45, 7) is 2.37. The minimum atomic E-state index is -1.09. The second-order valence-corrected chi connectivity index (χ2v) is 6.53. The summed E-state index contributed by atoms with van der Waals surface area (Å²) >= 11 is 0. The summed E-state index contributed by atoms with van der Waals surface area (Å²) in [6.07, 6.45) is 0. The minimum Gasteiger partial charge on any atom is -0.493 e. The first-order valence-electron chi connectivity index (χ1n) is 6.91. The number of benzene rings is 2. The quantitative estimate of drug-likeness (QED) is 0.852. The Labute approximate surface area is 132 Å². The molecule has 2 rings (SSSR count). The van der Waals surface area contributed by atoms with Crippen LogP contribution in [0.5, 0.6) is 5.75 Å². The van der Waals surface area contributed by atoms with E-state index in [0.717, 1.165) is 16.9 Å². The van der Waals surface area contributed by atoms with E-state index in [0.29, 0.717) is 18.1 Å². The summed E-state index contributed by atoms with van der Waals surface area (Å²) in [5, 5.41) is 8.93. The van der Waals surface area contributed by atoms with Gasteiger partial charge in [-0.2, -0.15) is 0 Å². The lowest BCUT2D eigenvalue weighted by Gasteiger charge is -2.07. The molecule has 0 aromatic heterocycles. The van der Waals surface area contributed by atoms with Crippen LogP contribution in [-0.4, -0.2) is 27.6 Å². The summed E-state index contributed by atoms with van der Waals surface area (Å²) in [6, 6.07) is 14.2. The SMILES string of the molecule is Cc1ccc(OCCS(=O)Cc2cccc(C(=O)O)c2)cc1. The fourth-order valence-electron chi connectivity index (χ4n) is 1.94. The molecule has 0 heterocycles. The number of hydrogen-bond donors (Lipinski definition) is 1. The molecular weight excluding hydrogens is 300 g/mol. The molecule has 1 N–H and O–H groups in total. The van der Waals surface area contributed by atoms with Gasteiger partial charge in [0.25, 0.3) is 0 Å². The van der Waals surface area contributed by atoms with Crippen LogP contribution >= 0.6 is 0 Å². The molecule has 0 saturated carbocycles. The van der Waals surface area contributed by atoms with E-state index in [-0.39, 0.29) is 5.56 Å². The van der Waals surface area contributed by atoms with E-state index >= 15 is 0 Å². The maximum Gasteiger partial charge on any atom is 0.335 e. The average molecular weight is 318 g/mol. The van der Waals surface area contributed by atoms with Gasteiger partial charge in [-0.1, -0.05) is 29.8 Å². The summed E-state index contributed by atoms with van der Waals surface area (Å²) in [5.41, 5.74) is 2.13. The van der Waals surface area contributed by atoms with E-state index < -0.39 is 16.8 Å². The van der Waals surface area contributed by atoms with Crippen LogP contribution in [0.1, 0.15) is 21.5 Å². The van der Waals surface area contributed by atoms with Crippen molar-refractivity contribution in [2.75, 3.05) is 12.4 Å². The van der Waals surface area contributed by atoms with Crippen molar-refractivity contribution in [1.82, 2.24) is 0 Å². The van der Waals surface area contributed by atoms with Crippen LogP contribution in [0.25, 0.3) is 0 Å². The fourth-order valence-corrected chi connectivity index (χ4v) is 2.90. The lowest BCUT2D eigenvalue weighted by molar-refractivity contribution is 0.0696. The fraction of sp³-hybridized carbons (Fsp3) is 0.235. The van der Waals surface area contributed by atoms with Crippen LogP contribution in [0.4, 0.5) is 0 Å². The molecule has 0 amide bonds. The van der Waals surface area contributed by atoms with E-state index in [9.17, 15) is 9.00 Å². The van der Waals surface area contributed by atoms with Gasteiger partial charge in [-0.15, -0.1) is 0 Å². The molecule has 5 heteroatoms. The molecule has 0 aliphatic carbocycles. The highest BCUT2D eigenvalue weighted by Crippen LogP contribution is 2.12. The molecular formula is C17H18O4S. The van der Waals surface area contributed by atoms with Gasteiger partial charge in [0.15, 0.2) is 0 Å². The average Bonchev–Trinajstić information content (AvgIpc) is 2.49. The monoisotopic (exact) mass is 318 g/mol. The van der Waals surface area contributed by atoms with Gasteiger partial charge in [-0.25, -0.2) is 4.79 Å². The number of hydrogen-bond acceptors (Lipinski definition) is 3. The van der Waals surface area contributed by atoms with Crippen molar-refractivity contribution < 1.29 is 18.8 Å². The van der Waals surface area contributed by atoms with E-state index in [1.807, 2.05) is 31.2 Å². The second kappa shape index (κ2) is 7.75. The summed E-state index contributed by atoms with van der Waals surface area (Å²) < 4.78 is 17.6. The van der Waals surface area contributed by atoms with Crippen LogP contribution in [0.3, 0.4) is 0 Å². The number of ether oxygens (including phenoxy) is 1. The van der Waals surface area contributed by atoms with Gasteiger partial charge >= 0.3 is 5.97 Å². The molecule has 0 spiro atoms. The van der Waals surface area contributed by atoms with Gasteiger partial charge in [-0.3, -0.25) is 4.21 Å². The molecule has 0 aliphatic rings. The highest BCUT2D eigenvalue weighted by Gasteiger charge is 2.06. The third-order valence-corrected chi connectivity index (χ3v) is 4.38. The maximum absolute atomic E-state index is 12.0. The maximum atomic E-state index is 12.0. The highest BCUT2D eigenvalue weighted by atomic mass is 32.2. The Kier molecular flexibility index (Phi) is 5.72. The number of carboxylic acid groups (broad SMARTS) is 1. The van der Waals surface area contributed by atoms with Gasteiger partial charge in [0.1, 0.15) is 5.75 Å². The number of carbonyl (C=O) groups is 1. The predicted molar refractivity (Wildman–Crippen MR) is 86.8 cm³/mol. The molecule has 1 atom stereocenters. The van der Waals surface area contributed by atoms with Crippen molar-refractivity contribution in [3.63, 3.8) is 0 Å². The Morgan fingerprint density at radius 2 is 1.91 bits per heavy atom. The van der Waals surface area contributed by atoms with Crippen LogP contribution in [-0.2, 0) is 16.6 Å². The summed E-state index contributed by atoms with van der Waals surface area (Å²) in [7, 11) is -1.09. The van der Waals surface area contributed by atoms with Crippen molar-refractivity contribution in [2.45, 2.75) is 12.7 Å². The molecule has 0 saturated heterocycles. The van der Waals surface area contributed by atoms with Gasteiger partial charge in [0.05, 0.1) is 17.9 Å². The van der Waals surface area contributed by atoms with Gasteiger partial charge in [0.2, 0.25) is 0 Å². The van der Waals surface area contributed by atoms with E-state index in [4.69, 9.17) is 9.84 Å². The largest absolute Gasteiger partial charge is 0.493 e. The zero-order valence-electron chi connectivity index (χ0n) is 12.3. The Balaban J connectivity index is 1.81. The number of aryl methyl sites for hydroxylation is 1. The number of aromatic carboxylic acids is 1. The number of rotatable bonds is 7. The number of carboxylic acids is 1. The Hall–Kier alpha value is -2.14. The van der Waals surface area contributed by atoms with Crippen molar-refractivity contribution in [3.05, 3.63) is 65.2 Å². The van der Waals surface area contributed by atoms with Crippen molar-refractivity contribution >= 4 is 16.8 Å². The highest BCUT2D eigenvalue weighted by molar-refractivity contribution is 7.84. The third-order valence-electron chi connectivity index (χ3n) is 3.10. The van der Waals surface area contributed by atoms with Crippen LogP contribution in [0.2, 0.25) is 0 Å². The molecule has 0 fully saturated rings. The lowest BCUT2D eigenvalue weighted by Crippen LogP contribution is -2.10. The zero-order valence-corrected chi connectivity index (χ0v) is 13.1. The normalized spacial score (nSPS) is 11.9. The van der Waals surface area contributed by atoms with Gasteiger partial charge in [0, 0.05) is 16.6 Å². The zero-order chi connectivity index (χ0) is 15.9. The molecule has 1 unspecified atom stereocenters. The Morgan fingerprint density at radius 1 is 1.18 bits per heavy atom. The lowest BCUT2D eigenvalue weighted by atomic mass is 10.1. The molecule has 0 aliphatic heterocycles. The van der Waals surface area contributed by atoms with Gasteiger partial charge in [-0.05, 0) is 36.8 Å². The summed E-state index contributed by atoms with van der Waals surface area (Å²) in [5.74, 6) is 0.523. The predicted octanol–water partition coefficient (Wildman–Crippen LogP) is 3.02. The molecule has 2 aromatic carbocycles. The molecule has 4 nitrogen and oxygen atoms in total. The van der Waals surface area contributed by atoms with Crippen LogP contribution < -0.4 is 4.74 Å². The first-order chi connectivity index (χ1) is 10.5. The summed E-state index contributed by atoms with van der Waals surface area (Å²) in [4.78, 5) is 10.9. The molecule has 0 radical (unpaired) electrons. The standard InChI is InChI=1S/C17H18O4S/c1-13-5-7-16(8-6-13)21-9-10-22(20)12-14-3-2-4-15(11-14)17(18)19/h2-8,11H,9-10,12H2,1H3,(H,18,19). The third kappa shape index (κ3) is 5.00. The topological polar surface area (TPSA) is 63.6 Å². The first-order valence-corrected chi connectivity index (χ1v) is 8.40. The van der Waals surface area contributed by atoms with E-state index in [2.05, 4.69) is 0 Å². The molecule has 22 heavy (non-hydrogen) atoms. The van der Waals surface area contributed by atoms with E-state index in [1.54, 1.807) is 18.2 Å².